The molecule has 1 aromatic carbocycles. The second-order valence-corrected chi connectivity index (χ2v) is 6.94. The number of unbranched alkanes of at least 4 members (excludes halogenated alkanes) is 1. The molecule has 1 aliphatic rings. The van der Waals surface area contributed by atoms with Gasteiger partial charge < -0.3 is 9.47 Å². The number of amides is 1. The number of rotatable bonds is 7. The third-order valence-electron chi connectivity index (χ3n) is 3.77. The average Bonchev–Trinajstić information content (AvgIpc) is 2.97. The number of hydrogen-bond donors (Lipinski definition) is 1. The minimum absolute atomic E-state index is 0.219. The van der Waals surface area contributed by atoms with Gasteiger partial charge in [0.15, 0.2) is 5.17 Å². The maximum absolute atomic E-state index is 11.8. The first-order valence-electron chi connectivity index (χ1n) is 8.58. The van der Waals surface area contributed by atoms with E-state index in [9.17, 15) is 9.59 Å². The van der Waals surface area contributed by atoms with Gasteiger partial charge in [0.25, 0.3) is 5.91 Å². The largest absolute Gasteiger partial charge is 0.494 e. The molecule has 0 bridgehead atoms. The van der Waals surface area contributed by atoms with E-state index in [-0.39, 0.29) is 4.91 Å². The van der Waals surface area contributed by atoms with E-state index in [2.05, 4.69) is 27.2 Å². The summed E-state index contributed by atoms with van der Waals surface area (Å²) in [6.07, 6.45) is 4.88. The molecule has 1 aromatic rings. The zero-order valence-corrected chi connectivity index (χ0v) is 16.7. The van der Waals surface area contributed by atoms with E-state index in [1.54, 1.807) is 6.21 Å². The Morgan fingerprint density at radius 1 is 1.30 bits per heavy atom. The second-order valence-electron chi connectivity index (χ2n) is 5.91. The van der Waals surface area contributed by atoms with Crippen LogP contribution >= 0.6 is 11.8 Å². The van der Waals surface area contributed by atoms with Gasteiger partial charge in [-0.3, -0.25) is 10.1 Å². The Kier molecular flexibility index (Phi) is 7.60. The summed E-state index contributed by atoms with van der Waals surface area (Å²) in [5, 5.41) is 10.9. The molecule has 0 aromatic heterocycles. The normalized spacial score (nSPS) is 17.0. The lowest BCUT2D eigenvalue weighted by atomic mass is 10.0. The van der Waals surface area contributed by atoms with Gasteiger partial charge in [-0.2, -0.15) is 5.10 Å². The van der Waals surface area contributed by atoms with Crippen molar-refractivity contribution < 1.29 is 19.1 Å². The fraction of sp³-hybridized carbons (Fsp3) is 0.368. The Bertz CT molecular complexity index is 792. The molecule has 1 amide bonds. The van der Waals surface area contributed by atoms with Gasteiger partial charge in [0.2, 0.25) is 0 Å². The lowest BCUT2D eigenvalue weighted by Crippen LogP contribution is -2.19. The summed E-state index contributed by atoms with van der Waals surface area (Å²) in [5.41, 5.74) is 3.00. The Hall–Kier alpha value is -2.61. The topological polar surface area (TPSA) is 89.4 Å². The number of carbonyl (C=O) groups is 2. The molecule has 7 nitrogen and oxygen atoms in total. The van der Waals surface area contributed by atoms with Gasteiger partial charge in [0.1, 0.15) is 5.75 Å². The number of ether oxygens (including phenoxy) is 2. The van der Waals surface area contributed by atoms with E-state index in [0.717, 1.165) is 53.1 Å². The first-order chi connectivity index (χ1) is 12.9. The van der Waals surface area contributed by atoms with Crippen molar-refractivity contribution in [3.8, 4) is 5.75 Å². The smallest absolute Gasteiger partial charge is 0.331 e. The number of aryl methyl sites for hydroxylation is 2. The van der Waals surface area contributed by atoms with Gasteiger partial charge in [-0.25, -0.2) is 4.79 Å². The summed E-state index contributed by atoms with van der Waals surface area (Å²) in [7, 11) is 1.25. The van der Waals surface area contributed by atoms with Gasteiger partial charge in [-0.15, -0.1) is 5.10 Å². The number of amidine groups is 1. The van der Waals surface area contributed by atoms with Crippen molar-refractivity contribution in [2.24, 2.45) is 10.2 Å². The minimum Gasteiger partial charge on any atom is -0.494 e. The highest BCUT2D eigenvalue weighted by atomic mass is 32.2. The number of methoxy groups -OCH3 is 1. The van der Waals surface area contributed by atoms with Crippen LogP contribution in [0.1, 0.15) is 36.5 Å². The van der Waals surface area contributed by atoms with E-state index in [4.69, 9.17) is 4.74 Å². The number of esters is 1. The second kappa shape index (κ2) is 9.91. The van der Waals surface area contributed by atoms with E-state index < -0.39 is 11.9 Å². The quantitative estimate of drug-likeness (QED) is 0.254. The Morgan fingerprint density at radius 3 is 2.63 bits per heavy atom. The van der Waals surface area contributed by atoms with Crippen molar-refractivity contribution >= 4 is 35.0 Å². The monoisotopic (exact) mass is 389 g/mol. The number of nitrogens with one attached hydrogen (secondary N) is 1. The molecular weight excluding hydrogens is 366 g/mol. The third kappa shape index (κ3) is 5.96. The predicted octanol–water partition coefficient (Wildman–Crippen LogP) is 3.09. The molecule has 27 heavy (non-hydrogen) atoms. The fourth-order valence-corrected chi connectivity index (χ4v) is 3.08. The van der Waals surface area contributed by atoms with Crippen LogP contribution in [0.2, 0.25) is 0 Å². The number of hydrogen-bond acceptors (Lipinski definition) is 7. The first-order valence-corrected chi connectivity index (χ1v) is 9.40. The van der Waals surface area contributed by atoms with Gasteiger partial charge in [-0.05, 0) is 55.3 Å². The lowest BCUT2D eigenvalue weighted by Gasteiger charge is -2.10. The molecule has 1 N–H and O–H groups in total. The van der Waals surface area contributed by atoms with Crippen LogP contribution in [0.5, 0.6) is 5.75 Å². The molecule has 0 radical (unpaired) electrons. The van der Waals surface area contributed by atoms with Crippen molar-refractivity contribution in [3.05, 3.63) is 39.8 Å². The Labute approximate surface area is 162 Å². The lowest BCUT2D eigenvalue weighted by molar-refractivity contribution is -0.135. The highest BCUT2D eigenvalue weighted by Crippen LogP contribution is 2.24. The van der Waals surface area contributed by atoms with Crippen LogP contribution in [-0.2, 0) is 14.3 Å². The number of carbonyl (C=O) groups excluding carboxylic acids is 2. The maximum Gasteiger partial charge on any atom is 0.331 e. The molecule has 2 rings (SSSR count). The van der Waals surface area contributed by atoms with Crippen molar-refractivity contribution in [2.75, 3.05) is 13.7 Å². The van der Waals surface area contributed by atoms with Gasteiger partial charge in [0, 0.05) is 11.6 Å². The summed E-state index contributed by atoms with van der Waals surface area (Å²) < 4.78 is 10.3. The van der Waals surface area contributed by atoms with Gasteiger partial charge in [-0.1, -0.05) is 13.3 Å². The van der Waals surface area contributed by atoms with E-state index in [0.29, 0.717) is 11.8 Å². The number of thioether (sulfide) groups is 1. The van der Waals surface area contributed by atoms with E-state index in [1.807, 2.05) is 26.0 Å². The summed E-state index contributed by atoms with van der Waals surface area (Å²) in [6, 6.07) is 3.95. The summed E-state index contributed by atoms with van der Waals surface area (Å²) in [4.78, 5) is 23.2. The summed E-state index contributed by atoms with van der Waals surface area (Å²) in [5.74, 6) is -0.150. The molecule has 0 aliphatic carbocycles. The standard InChI is InChI=1S/C19H23N3O4S/c1-5-6-7-26-14-8-12(2)15(13(3)9-14)11-20-22-19-21-18(24)16(27-19)10-17(23)25-4/h8-11H,5-7H2,1-4H3,(H,21,22,24)/b16-10+,20-11?. The molecule has 0 spiro atoms. The van der Waals surface area contributed by atoms with Crippen LogP contribution in [0, 0.1) is 13.8 Å². The molecule has 1 aliphatic heterocycles. The molecule has 1 heterocycles. The van der Waals surface area contributed by atoms with Crippen LogP contribution in [0.3, 0.4) is 0 Å². The first kappa shape index (κ1) is 20.7. The van der Waals surface area contributed by atoms with Crippen molar-refractivity contribution in [1.82, 2.24) is 5.32 Å². The Balaban J connectivity index is 2.08. The highest BCUT2D eigenvalue weighted by Gasteiger charge is 2.25. The van der Waals surface area contributed by atoms with Gasteiger partial charge >= 0.3 is 5.97 Å². The van der Waals surface area contributed by atoms with E-state index in [1.165, 1.54) is 7.11 Å². The number of benzene rings is 1. The fourth-order valence-electron chi connectivity index (χ4n) is 2.34. The summed E-state index contributed by atoms with van der Waals surface area (Å²) >= 11 is 1.04. The van der Waals surface area contributed by atoms with E-state index >= 15 is 0 Å². The number of nitrogens with zero attached hydrogens (tertiary/aromatic N) is 2. The molecular formula is C19H23N3O4S. The molecule has 144 valence electrons. The van der Waals surface area contributed by atoms with Crippen LogP contribution in [0.15, 0.2) is 33.3 Å². The third-order valence-corrected chi connectivity index (χ3v) is 4.67. The van der Waals surface area contributed by atoms with Crippen LogP contribution in [-0.4, -0.2) is 37.0 Å². The zero-order valence-electron chi connectivity index (χ0n) is 15.9. The molecule has 0 unspecified atom stereocenters. The Morgan fingerprint density at radius 2 is 2.00 bits per heavy atom. The van der Waals surface area contributed by atoms with Crippen LogP contribution < -0.4 is 10.1 Å². The predicted molar refractivity (Wildman–Crippen MR) is 107 cm³/mol. The molecule has 1 fully saturated rings. The van der Waals surface area contributed by atoms with Crippen molar-refractivity contribution in [3.63, 3.8) is 0 Å². The van der Waals surface area contributed by atoms with Crippen molar-refractivity contribution in [1.29, 1.82) is 0 Å². The maximum atomic E-state index is 11.8. The highest BCUT2D eigenvalue weighted by molar-refractivity contribution is 8.18. The van der Waals surface area contributed by atoms with Crippen molar-refractivity contribution in [2.45, 2.75) is 33.6 Å². The zero-order chi connectivity index (χ0) is 19.8. The average molecular weight is 389 g/mol. The molecule has 1 saturated heterocycles. The summed E-state index contributed by atoms with van der Waals surface area (Å²) in [6.45, 7) is 6.80. The SMILES string of the molecule is CCCCOc1cc(C)c(C=N/N=C2/NC(=O)/C(=C\C(=O)OC)S2)c(C)c1. The van der Waals surface area contributed by atoms with Gasteiger partial charge in [0.05, 0.1) is 24.8 Å². The molecule has 0 saturated carbocycles. The van der Waals surface area contributed by atoms with Crippen LogP contribution in [0.4, 0.5) is 0 Å². The molecule has 0 atom stereocenters. The molecule has 8 heteroatoms. The van der Waals surface area contributed by atoms with Crippen LogP contribution in [0.25, 0.3) is 0 Å². The minimum atomic E-state index is -0.593.